The van der Waals surface area contributed by atoms with Gasteiger partial charge in [0, 0.05) is 19.8 Å². The van der Waals surface area contributed by atoms with Gasteiger partial charge in [-0.15, -0.1) is 0 Å². The zero-order valence-electron chi connectivity index (χ0n) is 19.6. The molecule has 35 heavy (non-hydrogen) atoms. The lowest BCUT2D eigenvalue weighted by atomic mass is 9.99. The van der Waals surface area contributed by atoms with Gasteiger partial charge in [0.1, 0.15) is 17.8 Å². The normalized spacial score (nSPS) is 17.1. The Balaban J connectivity index is 1.89. The Bertz CT molecular complexity index is 1030. The average Bonchev–Trinajstić information content (AvgIpc) is 2.85. The highest BCUT2D eigenvalue weighted by Crippen LogP contribution is 2.18. The molecular formula is C26H31N3O6. The number of carbonyl (C=O) groups is 4. The summed E-state index contributed by atoms with van der Waals surface area (Å²) in [4.78, 5) is 52.4. The molecule has 0 radical (unpaired) electrons. The highest BCUT2D eigenvalue weighted by Gasteiger charge is 2.38. The minimum absolute atomic E-state index is 0.0260. The van der Waals surface area contributed by atoms with Crippen molar-refractivity contribution in [2.45, 2.75) is 57.2 Å². The fourth-order valence-corrected chi connectivity index (χ4v) is 4.23. The van der Waals surface area contributed by atoms with Crippen molar-refractivity contribution in [2.75, 3.05) is 6.54 Å². The summed E-state index contributed by atoms with van der Waals surface area (Å²) in [6.07, 6.45) is 2.30. The van der Waals surface area contributed by atoms with Gasteiger partial charge in [0.2, 0.25) is 17.7 Å². The maximum absolute atomic E-state index is 13.5. The first-order valence-electron chi connectivity index (χ1n) is 11.7. The molecule has 0 unspecified atom stereocenters. The van der Waals surface area contributed by atoms with Gasteiger partial charge in [-0.05, 0) is 42.6 Å². The first kappa shape index (κ1) is 25.9. The maximum Gasteiger partial charge on any atom is 0.326 e. The van der Waals surface area contributed by atoms with Gasteiger partial charge < -0.3 is 20.8 Å². The second-order valence-electron chi connectivity index (χ2n) is 8.71. The lowest BCUT2D eigenvalue weighted by Crippen LogP contribution is -2.59. The molecule has 3 amide bonds. The van der Waals surface area contributed by atoms with Gasteiger partial charge in [-0.25, -0.2) is 4.79 Å². The minimum atomic E-state index is -1.26. The molecule has 9 nitrogen and oxygen atoms in total. The standard InChI is InChI=1S/C26H31N3O6/c1-17(30)29(25(33)21-9-5-6-14-27-21)23(16-19-10-12-20(31)13-11-19)24(32)28-22(26(34)35)15-18-7-3-2-4-8-18/h2-4,7-8,10-13,21-23,27,31H,5-6,9,14-16H2,1H3,(H,28,32)(H,34,35)/t21-,22-,23-/m0/s1. The highest BCUT2D eigenvalue weighted by molar-refractivity contribution is 6.02. The third-order valence-electron chi connectivity index (χ3n) is 6.06. The lowest BCUT2D eigenvalue weighted by Gasteiger charge is -2.33. The number of piperidine rings is 1. The fraction of sp³-hybridized carbons (Fsp3) is 0.385. The van der Waals surface area contributed by atoms with Crippen LogP contribution in [0.3, 0.4) is 0 Å². The SMILES string of the molecule is CC(=O)N(C(=O)[C@@H]1CCCCN1)[C@@H](Cc1ccc(O)cc1)C(=O)N[C@@H](Cc1ccccc1)C(=O)O. The number of hydrogen-bond acceptors (Lipinski definition) is 6. The molecule has 3 rings (SSSR count). The number of carbonyl (C=O) groups excluding carboxylic acids is 3. The number of rotatable bonds is 9. The van der Waals surface area contributed by atoms with Crippen LogP contribution >= 0.6 is 0 Å². The fourth-order valence-electron chi connectivity index (χ4n) is 4.23. The number of carboxylic acids is 1. The van der Waals surface area contributed by atoms with Crippen molar-refractivity contribution in [3.63, 3.8) is 0 Å². The number of carboxylic acid groups (broad SMARTS) is 1. The smallest absolute Gasteiger partial charge is 0.326 e. The van der Waals surface area contributed by atoms with E-state index in [4.69, 9.17) is 0 Å². The highest BCUT2D eigenvalue weighted by atomic mass is 16.4. The molecule has 1 saturated heterocycles. The molecular weight excluding hydrogens is 450 g/mol. The van der Waals surface area contributed by atoms with E-state index in [1.165, 1.54) is 19.1 Å². The van der Waals surface area contributed by atoms with E-state index in [0.29, 0.717) is 18.5 Å². The van der Waals surface area contributed by atoms with Gasteiger partial charge in [0.25, 0.3) is 0 Å². The van der Waals surface area contributed by atoms with Gasteiger partial charge in [0.15, 0.2) is 0 Å². The van der Waals surface area contributed by atoms with E-state index in [1.54, 1.807) is 42.5 Å². The molecule has 2 aromatic carbocycles. The quantitative estimate of drug-likeness (QED) is 0.427. The molecule has 0 aliphatic carbocycles. The first-order chi connectivity index (χ1) is 16.8. The Morgan fingerprint density at radius 2 is 1.66 bits per heavy atom. The predicted molar refractivity (Wildman–Crippen MR) is 128 cm³/mol. The number of amides is 3. The summed E-state index contributed by atoms with van der Waals surface area (Å²) >= 11 is 0. The zero-order chi connectivity index (χ0) is 25.4. The van der Waals surface area contributed by atoms with E-state index in [2.05, 4.69) is 10.6 Å². The molecule has 1 aliphatic rings. The summed E-state index contributed by atoms with van der Waals surface area (Å²) in [5.41, 5.74) is 1.33. The number of hydrogen-bond donors (Lipinski definition) is 4. The van der Waals surface area contributed by atoms with Crippen molar-refractivity contribution >= 4 is 23.7 Å². The maximum atomic E-state index is 13.5. The molecule has 186 valence electrons. The van der Waals surface area contributed by atoms with Gasteiger partial charge in [-0.1, -0.05) is 48.9 Å². The van der Waals surface area contributed by atoms with Crippen molar-refractivity contribution < 1.29 is 29.4 Å². The molecule has 0 bridgehead atoms. The molecule has 0 spiro atoms. The third-order valence-corrected chi connectivity index (χ3v) is 6.06. The Kier molecular flexibility index (Phi) is 8.97. The van der Waals surface area contributed by atoms with Crippen LogP contribution in [-0.4, -0.2) is 63.5 Å². The van der Waals surface area contributed by atoms with Crippen molar-refractivity contribution in [3.05, 3.63) is 65.7 Å². The monoisotopic (exact) mass is 481 g/mol. The summed E-state index contributed by atoms with van der Waals surface area (Å²) < 4.78 is 0. The molecule has 4 N–H and O–H groups in total. The summed E-state index contributed by atoms with van der Waals surface area (Å²) in [6.45, 7) is 1.85. The van der Waals surface area contributed by atoms with Crippen molar-refractivity contribution in [2.24, 2.45) is 0 Å². The Morgan fingerprint density at radius 3 is 2.23 bits per heavy atom. The number of benzene rings is 2. The molecule has 1 aliphatic heterocycles. The second-order valence-corrected chi connectivity index (χ2v) is 8.71. The van der Waals surface area contributed by atoms with Crippen LogP contribution in [-0.2, 0) is 32.0 Å². The van der Waals surface area contributed by atoms with Gasteiger partial charge >= 0.3 is 5.97 Å². The number of nitrogens with zero attached hydrogens (tertiary/aromatic N) is 1. The molecule has 3 atom stereocenters. The average molecular weight is 482 g/mol. The van der Waals surface area contributed by atoms with Crippen molar-refractivity contribution in [3.8, 4) is 5.75 Å². The van der Waals surface area contributed by atoms with Gasteiger partial charge in [0.05, 0.1) is 6.04 Å². The first-order valence-corrected chi connectivity index (χ1v) is 11.7. The lowest BCUT2D eigenvalue weighted by molar-refractivity contribution is -0.153. The van der Waals surface area contributed by atoms with E-state index in [1.807, 2.05) is 0 Å². The third kappa shape index (κ3) is 7.13. The topological polar surface area (TPSA) is 136 Å². The van der Waals surface area contributed by atoms with Crippen LogP contribution in [0.4, 0.5) is 0 Å². The number of imide groups is 1. The van der Waals surface area contributed by atoms with Crippen LogP contribution in [0.2, 0.25) is 0 Å². The molecule has 9 heteroatoms. The van der Waals surface area contributed by atoms with Gasteiger partial charge in [-0.2, -0.15) is 0 Å². The predicted octanol–water partition coefficient (Wildman–Crippen LogP) is 1.63. The van der Waals surface area contributed by atoms with Crippen LogP contribution in [0.5, 0.6) is 5.75 Å². The van der Waals surface area contributed by atoms with Crippen LogP contribution in [0.1, 0.15) is 37.3 Å². The van der Waals surface area contributed by atoms with E-state index >= 15 is 0 Å². The molecule has 1 heterocycles. The Morgan fingerprint density at radius 1 is 1.00 bits per heavy atom. The van der Waals surface area contributed by atoms with E-state index in [0.717, 1.165) is 23.3 Å². The van der Waals surface area contributed by atoms with Crippen LogP contribution in [0, 0.1) is 0 Å². The number of phenols is 1. The van der Waals surface area contributed by atoms with Crippen molar-refractivity contribution in [1.82, 2.24) is 15.5 Å². The second kappa shape index (κ2) is 12.1. The largest absolute Gasteiger partial charge is 0.508 e. The van der Waals surface area contributed by atoms with Crippen molar-refractivity contribution in [1.29, 1.82) is 0 Å². The van der Waals surface area contributed by atoms with Crippen LogP contribution in [0.15, 0.2) is 54.6 Å². The molecule has 0 aromatic heterocycles. The number of phenolic OH excluding ortho intramolecular Hbond substituents is 1. The van der Waals surface area contributed by atoms with E-state index in [9.17, 15) is 29.4 Å². The van der Waals surface area contributed by atoms with Crippen LogP contribution < -0.4 is 10.6 Å². The zero-order valence-corrected chi connectivity index (χ0v) is 19.6. The summed E-state index contributed by atoms with van der Waals surface area (Å²) in [5, 5.41) is 25.0. The van der Waals surface area contributed by atoms with E-state index in [-0.39, 0.29) is 18.6 Å². The Hall–Kier alpha value is -3.72. The number of nitrogens with one attached hydrogen (secondary N) is 2. The summed E-state index contributed by atoms with van der Waals surface area (Å²) in [5.74, 6) is -3.03. The number of aromatic hydroxyl groups is 1. The molecule has 1 fully saturated rings. The summed E-state index contributed by atoms with van der Waals surface area (Å²) in [7, 11) is 0. The summed E-state index contributed by atoms with van der Waals surface area (Å²) in [6, 6.07) is 11.9. The van der Waals surface area contributed by atoms with E-state index < -0.39 is 41.8 Å². The van der Waals surface area contributed by atoms with Gasteiger partial charge in [-0.3, -0.25) is 19.3 Å². The minimum Gasteiger partial charge on any atom is -0.508 e. The number of aliphatic carboxylic acids is 1. The van der Waals surface area contributed by atoms with Crippen LogP contribution in [0.25, 0.3) is 0 Å². The Labute approximate surface area is 204 Å². The molecule has 0 saturated carbocycles. The molecule has 2 aromatic rings.